The van der Waals surface area contributed by atoms with Gasteiger partial charge in [0.15, 0.2) is 17.6 Å². The Morgan fingerprint density at radius 1 is 1.19 bits per heavy atom. The first-order chi connectivity index (χ1) is 12.4. The first-order valence-electron chi connectivity index (χ1n) is 8.13. The molecule has 0 bridgehead atoms. The van der Waals surface area contributed by atoms with Gasteiger partial charge in [0.2, 0.25) is 0 Å². The largest absolute Gasteiger partial charge is 0.357 e. The van der Waals surface area contributed by atoms with Crippen LogP contribution >= 0.6 is 0 Å². The lowest BCUT2D eigenvalue weighted by Crippen LogP contribution is -2.38. The molecule has 0 amide bonds. The maximum absolute atomic E-state index is 13.4. The minimum Gasteiger partial charge on any atom is -0.357 e. The van der Waals surface area contributed by atoms with Gasteiger partial charge in [0.1, 0.15) is 0 Å². The molecule has 0 fully saturated rings. The lowest BCUT2D eigenvalue weighted by Gasteiger charge is -2.18. The Hall–Kier alpha value is -3.03. The van der Waals surface area contributed by atoms with Crippen molar-refractivity contribution >= 4 is 11.6 Å². The summed E-state index contributed by atoms with van der Waals surface area (Å²) < 4.78 is 26.4. The van der Waals surface area contributed by atoms with E-state index in [0.29, 0.717) is 24.6 Å². The monoisotopic (exact) mass is 362 g/mol. The van der Waals surface area contributed by atoms with Crippen molar-refractivity contribution in [2.24, 2.45) is 4.99 Å². The summed E-state index contributed by atoms with van der Waals surface area (Å²) >= 11 is 0. The van der Waals surface area contributed by atoms with Gasteiger partial charge in [-0.25, -0.2) is 13.8 Å². The van der Waals surface area contributed by atoms with Gasteiger partial charge in [-0.2, -0.15) is 0 Å². The van der Waals surface area contributed by atoms with Gasteiger partial charge in [-0.3, -0.25) is 10.1 Å². The lowest BCUT2D eigenvalue weighted by atomic mass is 10.1. The van der Waals surface area contributed by atoms with E-state index in [1.54, 1.807) is 12.1 Å². The smallest absolute Gasteiger partial charge is 0.269 e. The number of rotatable bonds is 6. The highest BCUT2D eigenvalue weighted by molar-refractivity contribution is 5.80. The summed E-state index contributed by atoms with van der Waals surface area (Å²) in [6.07, 6.45) is 0. The molecule has 1 unspecified atom stereocenters. The molecule has 2 aromatic carbocycles. The Balaban J connectivity index is 2.07. The Kier molecular flexibility index (Phi) is 6.60. The van der Waals surface area contributed by atoms with Crippen molar-refractivity contribution in [1.29, 1.82) is 0 Å². The first-order valence-corrected chi connectivity index (χ1v) is 8.13. The molecule has 0 spiro atoms. The summed E-state index contributed by atoms with van der Waals surface area (Å²) in [7, 11) is 0. The topological polar surface area (TPSA) is 79.6 Å². The number of nitrogens with zero attached hydrogens (tertiary/aromatic N) is 2. The van der Waals surface area contributed by atoms with Crippen molar-refractivity contribution in [2.75, 3.05) is 6.54 Å². The summed E-state index contributed by atoms with van der Waals surface area (Å²) in [4.78, 5) is 14.6. The van der Waals surface area contributed by atoms with Crippen LogP contribution in [0, 0.1) is 21.7 Å². The molecule has 0 heterocycles. The number of guanidine groups is 1. The molecule has 2 rings (SSSR count). The maximum Gasteiger partial charge on any atom is 0.269 e. The standard InChI is InChI=1S/C18H20F2N4O2/c1-3-21-18(22-11-13-4-7-15(8-5-13)24(25)26)23-12(2)14-6-9-16(19)17(20)10-14/h4-10,12H,3,11H2,1-2H3,(H2,21,22,23). The molecule has 0 aliphatic heterocycles. The number of hydrogen-bond donors (Lipinski definition) is 2. The highest BCUT2D eigenvalue weighted by Gasteiger charge is 2.11. The Morgan fingerprint density at radius 3 is 2.46 bits per heavy atom. The molecule has 1 atom stereocenters. The van der Waals surface area contributed by atoms with E-state index in [-0.39, 0.29) is 11.7 Å². The maximum atomic E-state index is 13.4. The van der Waals surface area contributed by atoms with Crippen LogP contribution < -0.4 is 10.6 Å². The van der Waals surface area contributed by atoms with Crippen LogP contribution in [0.2, 0.25) is 0 Å². The molecule has 0 saturated carbocycles. The van der Waals surface area contributed by atoms with Crippen molar-refractivity contribution in [2.45, 2.75) is 26.4 Å². The van der Waals surface area contributed by atoms with Gasteiger partial charge in [0.25, 0.3) is 5.69 Å². The van der Waals surface area contributed by atoms with Crippen LogP contribution in [-0.2, 0) is 6.54 Å². The molecule has 0 aromatic heterocycles. The van der Waals surface area contributed by atoms with Gasteiger partial charge in [0.05, 0.1) is 17.5 Å². The lowest BCUT2D eigenvalue weighted by molar-refractivity contribution is -0.384. The highest BCUT2D eigenvalue weighted by Crippen LogP contribution is 2.16. The molecule has 0 aliphatic rings. The van der Waals surface area contributed by atoms with Gasteiger partial charge in [0, 0.05) is 18.7 Å². The summed E-state index contributed by atoms with van der Waals surface area (Å²) in [5.74, 6) is -1.29. The van der Waals surface area contributed by atoms with E-state index >= 15 is 0 Å². The number of halogens is 2. The SMILES string of the molecule is CCNC(=NCc1ccc([N+](=O)[O-])cc1)NC(C)c1ccc(F)c(F)c1. The minimum absolute atomic E-state index is 0.0229. The van der Waals surface area contributed by atoms with E-state index in [9.17, 15) is 18.9 Å². The highest BCUT2D eigenvalue weighted by atomic mass is 19.2. The minimum atomic E-state index is -0.899. The van der Waals surface area contributed by atoms with E-state index in [1.165, 1.54) is 18.2 Å². The van der Waals surface area contributed by atoms with E-state index in [4.69, 9.17) is 0 Å². The normalized spacial score (nSPS) is 12.5. The van der Waals surface area contributed by atoms with Crippen molar-refractivity contribution < 1.29 is 13.7 Å². The molecule has 6 nitrogen and oxygen atoms in total. The third kappa shape index (κ3) is 5.23. The van der Waals surface area contributed by atoms with Crippen LogP contribution in [0.25, 0.3) is 0 Å². The fourth-order valence-corrected chi connectivity index (χ4v) is 2.28. The summed E-state index contributed by atoms with van der Waals surface area (Å²) in [6.45, 7) is 4.66. The molecule has 8 heteroatoms. The number of benzene rings is 2. The van der Waals surface area contributed by atoms with E-state index in [0.717, 1.165) is 17.7 Å². The Morgan fingerprint density at radius 2 is 1.88 bits per heavy atom. The number of nitro groups is 1. The van der Waals surface area contributed by atoms with E-state index in [1.807, 2.05) is 13.8 Å². The van der Waals surface area contributed by atoms with Crippen LogP contribution in [0.3, 0.4) is 0 Å². The van der Waals surface area contributed by atoms with Crippen molar-refractivity contribution in [3.63, 3.8) is 0 Å². The average Bonchev–Trinajstić information content (AvgIpc) is 2.62. The number of hydrogen-bond acceptors (Lipinski definition) is 3. The number of nitro benzene ring substituents is 1. The summed E-state index contributed by atoms with van der Waals surface area (Å²) in [6, 6.07) is 9.59. The average molecular weight is 362 g/mol. The predicted octanol–water partition coefficient (Wildman–Crippen LogP) is 3.69. The second-order valence-corrected chi connectivity index (χ2v) is 5.66. The molecule has 2 aromatic rings. The number of aliphatic imine (C=N–C) groups is 1. The zero-order valence-corrected chi connectivity index (χ0v) is 14.5. The Labute approximate surface area is 150 Å². The molecule has 138 valence electrons. The zero-order valence-electron chi connectivity index (χ0n) is 14.5. The van der Waals surface area contributed by atoms with Gasteiger partial charge in [-0.1, -0.05) is 18.2 Å². The third-order valence-electron chi connectivity index (χ3n) is 3.71. The second kappa shape index (κ2) is 8.89. The van der Waals surface area contributed by atoms with E-state index in [2.05, 4.69) is 15.6 Å². The zero-order chi connectivity index (χ0) is 19.1. The predicted molar refractivity (Wildman–Crippen MR) is 95.8 cm³/mol. The van der Waals surface area contributed by atoms with Crippen molar-refractivity contribution in [1.82, 2.24) is 10.6 Å². The van der Waals surface area contributed by atoms with Gasteiger partial charge >= 0.3 is 0 Å². The molecule has 0 aliphatic carbocycles. The molecule has 26 heavy (non-hydrogen) atoms. The molecular formula is C18H20F2N4O2. The van der Waals surface area contributed by atoms with Crippen molar-refractivity contribution in [3.8, 4) is 0 Å². The van der Waals surface area contributed by atoms with Crippen LogP contribution in [0.1, 0.15) is 31.0 Å². The van der Waals surface area contributed by atoms with Crippen molar-refractivity contribution in [3.05, 3.63) is 75.3 Å². The fraction of sp³-hybridized carbons (Fsp3) is 0.278. The van der Waals surface area contributed by atoms with Gasteiger partial charge in [-0.15, -0.1) is 0 Å². The van der Waals surface area contributed by atoms with Crippen LogP contribution in [0.5, 0.6) is 0 Å². The molecular weight excluding hydrogens is 342 g/mol. The van der Waals surface area contributed by atoms with Crippen LogP contribution in [-0.4, -0.2) is 17.4 Å². The Bertz CT molecular complexity index is 794. The number of non-ortho nitro benzene ring substituents is 1. The third-order valence-corrected chi connectivity index (χ3v) is 3.71. The quantitative estimate of drug-likeness (QED) is 0.355. The van der Waals surface area contributed by atoms with Crippen LogP contribution in [0.4, 0.5) is 14.5 Å². The van der Waals surface area contributed by atoms with Gasteiger partial charge in [-0.05, 0) is 37.1 Å². The van der Waals surface area contributed by atoms with E-state index < -0.39 is 16.6 Å². The fourth-order valence-electron chi connectivity index (χ4n) is 2.28. The van der Waals surface area contributed by atoms with Gasteiger partial charge < -0.3 is 10.6 Å². The molecule has 0 saturated heterocycles. The number of nitrogens with one attached hydrogen (secondary N) is 2. The van der Waals surface area contributed by atoms with Crippen LogP contribution in [0.15, 0.2) is 47.5 Å². The first kappa shape index (κ1) is 19.3. The summed E-state index contributed by atoms with van der Waals surface area (Å²) in [5.41, 5.74) is 1.42. The molecule has 2 N–H and O–H groups in total. The molecule has 0 radical (unpaired) electrons. The second-order valence-electron chi connectivity index (χ2n) is 5.66. The summed E-state index contributed by atoms with van der Waals surface area (Å²) in [5, 5.41) is 16.9.